The number of fused-ring (bicyclic) bond motifs is 6. The maximum Gasteiger partial charge on any atom is 0.417 e. The predicted molar refractivity (Wildman–Crippen MR) is 299 cm³/mol. The average Bonchev–Trinajstić information content (AvgIpc) is 2.15. The highest BCUT2D eigenvalue weighted by Gasteiger charge is 2.40. The summed E-state index contributed by atoms with van der Waals surface area (Å²) in [6.45, 7) is 0. The molecule has 9 aromatic carbocycles. The van der Waals surface area contributed by atoms with E-state index < -0.39 is 58.1 Å². The van der Waals surface area contributed by atoms with E-state index in [9.17, 15) is 52.7 Å². The summed E-state index contributed by atoms with van der Waals surface area (Å²) in [6, 6.07) is 52.4. The summed E-state index contributed by atoms with van der Waals surface area (Å²) in [7, 11) is 0. The number of aromatic nitrogens is 6. The number of hydrogen-bond acceptors (Lipinski definition) is 4. The molecular weight excluding hydrogens is 1100 g/mol. The van der Waals surface area contributed by atoms with E-state index in [0.717, 1.165) is 12.1 Å². The second-order valence-electron chi connectivity index (χ2n) is 19.8. The van der Waals surface area contributed by atoms with Crippen molar-refractivity contribution >= 4 is 43.6 Å². The van der Waals surface area contributed by atoms with E-state index in [-0.39, 0.29) is 29.1 Å². The quantitative estimate of drug-likeness (QED) is 0.142. The fourth-order valence-corrected chi connectivity index (χ4v) is 11.0. The van der Waals surface area contributed by atoms with Crippen molar-refractivity contribution in [3.63, 3.8) is 0 Å². The van der Waals surface area contributed by atoms with Gasteiger partial charge in [-0.1, -0.05) is 133 Å². The summed E-state index contributed by atoms with van der Waals surface area (Å²) >= 11 is 0. The first-order chi connectivity index (χ1) is 40.2. The molecule has 0 bridgehead atoms. The van der Waals surface area contributed by atoms with Gasteiger partial charge in [-0.2, -0.15) is 52.7 Å². The van der Waals surface area contributed by atoms with Crippen LogP contribution >= 0.6 is 0 Å². The molecule has 0 N–H and O–H groups in total. The van der Waals surface area contributed by atoms with Gasteiger partial charge in [0.15, 0.2) is 17.5 Å². The maximum absolute atomic E-state index is 14.8. The molecule has 0 saturated carbocycles. The van der Waals surface area contributed by atoms with Crippen molar-refractivity contribution in [1.82, 2.24) is 29.1 Å². The van der Waals surface area contributed by atoms with E-state index in [4.69, 9.17) is 15.0 Å². The van der Waals surface area contributed by atoms with Crippen LogP contribution in [0, 0.1) is 0 Å². The minimum Gasteiger partial charge on any atom is -0.309 e. The molecule has 0 radical (unpaired) electrons. The van der Waals surface area contributed by atoms with Crippen molar-refractivity contribution in [2.24, 2.45) is 0 Å². The van der Waals surface area contributed by atoms with Crippen LogP contribution in [0.25, 0.3) is 123 Å². The standard InChI is InChI=1S/C66H36F12N6/c67-63(68,69)42-22-25-44(52(34-42)65(73,74)75)39-20-27-56-50(31-39)46-15-7-9-17-54(46)83(56)58-33-41(62-81-60(37-11-3-1-4-12-37)80-61(82-62)38-13-5-2-6-14-38)19-24-48(58)49-29-30-79-36-59(49)84-55-18-10-8-16-47(55)51-32-40(21-28-57(51)84)45-26-23-43(64(70,71)72)35-53(45)66(76,77)78/h1-36H. The van der Waals surface area contributed by atoms with Gasteiger partial charge >= 0.3 is 24.7 Å². The number of alkyl halides is 12. The van der Waals surface area contributed by atoms with Gasteiger partial charge < -0.3 is 9.13 Å². The third-order valence-corrected chi connectivity index (χ3v) is 14.8. The molecular formula is C66H36F12N6. The maximum atomic E-state index is 14.8. The average molecular weight is 1140 g/mol. The Kier molecular flexibility index (Phi) is 12.6. The van der Waals surface area contributed by atoms with E-state index >= 15 is 0 Å². The molecule has 0 amide bonds. The normalized spacial score (nSPS) is 12.5. The Balaban J connectivity index is 1.06. The molecule has 0 fully saturated rings. The highest BCUT2D eigenvalue weighted by Crippen LogP contribution is 2.47. The third-order valence-electron chi connectivity index (χ3n) is 14.8. The molecule has 4 aromatic heterocycles. The van der Waals surface area contributed by atoms with Crippen LogP contribution in [0.1, 0.15) is 22.3 Å². The topological polar surface area (TPSA) is 61.4 Å². The second-order valence-corrected chi connectivity index (χ2v) is 19.8. The summed E-state index contributed by atoms with van der Waals surface area (Å²) in [6.07, 6.45) is -17.2. The Hall–Kier alpha value is -10.1. The summed E-state index contributed by atoms with van der Waals surface area (Å²) in [4.78, 5) is 19.5. The van der Waals surface area contributed by atoms with Crippen LogP contribution in [0.2, 0.25) is 0 Å². The minimum atomic E-state index is -5.16. The van der Waals surface area contributed by atoms with Crippen molar-refractivity contribution in [3.05, 3.63) is 241 Å². The SMILES string of the molecule is FC(F)(F)c1ccc(-c2ccc3c(c2)c2ccccc2n3-c2cnccc2-c2ccc(-c3nc(-c4ccccc4)nc(-c4ccccc4)n3)cc2-n2c3ccccc3c3cc(-c4ccc(C(F)(F)F)cc4C(F)(F)F)ccc32)c(C(F)(F)F)c1. The summed E-state index contributed by atoms with van der Waals surface area (Å²) in [5.74, 6) is 1.01. The van der Waals surface area contributed by atoms with Crippen LogP contribution in [-0.4, -0.2) is 29.1 Å². The monoisotopic (exact) mass is 1140 g/mol. The van der Waals surface area contributed by atoms with Crippen molar-refractivity contribution in [2.45, 2.75) is 24.7 Å². The number of para-hydroxylation sites is 2. The van der Waals surface area contributed by atoms with Gasteiger partial charge in [-0.3, -0.25) is 4.98 Å². The van der Waals surface area contributed by atoms with E-state index in [1.165, 1.54) is 24.3 Å². The molecule has 0 unspecified atom stereocenters. The van der Waals surface area contributed by atoms with E-state index in [0.29, 0.717) is 107 Å². The lowest BCUT2D eigenvalue weighted by molar-refractivity contribution is -0.144. The molecule has 0 aliphatic carbocycles. The van der Waals surface area contributed by atoms with Gasteiger partial charge in [-0.05, 0) is 95.1 Å². The first kappa shape index (κ1) is 53.2. The number of nitrogens with zero attached hydrogens (tertiary/aromatic N) is 6. The molecule has 0 saturated heterocycles. The molecule has 4 heterocycles. The molecule has 13 aromatic rings. The van der Waals surface area contributed by atoms with E-state index in [2.05, 4.69) is 4.98 Å². The van der Waals surface area contributed by atoms with Crippen LogP contribution in [0.4, 0.5) is 52.7 Å². The number of rotatable bonds is 8. The van der Waals surface area contributed by atoms with E-state index in [1.807, 2.05) is 100 Å². The Morgan fingerprint density at radius 2 is 0.679 bits per heavy atom. The molecule has 0 spiro atoms. The van der Waals surface area contributed by atoms with Crippen molar-refractivity contribution in [2.75, 3.05) is 0 Å². The van der Waals surface area contributed by atoms with Crippen LogP contribution in [0.3, 0.4) is 0 Å². The Bertz CT molecular complexity index is 4670. The number of pyridine rings is 1. The lowest BCUT2D eigenvalue weighted by atomic mass is 9.95. The van der Waals surface area contributed by atoms with Gasteiger partial charge in [-0.25, -0.2) is 15.0 Å². The zero-order valence-corrected chi connectivity index (χ0v) is 43.0. The highest BCUT2D eigenvalue weighted by molar-refractivity contribution is 6.13. The molecule has 13 rings (SSSR count). The molecule has 0 aliphatic heterocycles. The number of benzene rings is 9. The zero-order chi connectivity index (χ0) is 58.5. The number of hydrogen-bond donors (Lipinski definition) is 0. The third kappa shape index (κ3) is 9.42. The lowest BCUT2D eigenvalue weighted by Gasteiger charge is -2.19. The number of halogens is 12. The van der Waals surface area contributed by atoms with Crippen molar-refractivity contribution < 1.29 is 52.7 Å². The fraction of sp³-hybridized carbons (Fsp3) is 0.0606. The van der Waals surface area contributed by atoms with Gasteiger partial charge in [0.1, 0.15) is 0 Å². The van der Waals surface area contributed by atoms with Gasteiger partial charge in [0.25, 0.3) is 0 Å². The smallest absolute Gasteiger partial charge is 0.309 e. The van der Waals surface area contributed by atoms with Crippen LogP contribution < -0.4 is 0 Å². The molecule has 84 heavy (non-hydrogen) atoms. The first-order valence-corrected chi connectivity index (χ1v) is 25.8. The zero-order valence-electron chi connectivity index (χ0n) is 43.0. The van der Waals surface area contributed by atoms with E-state index in [1.54, 1.807) is 67.0 Å². The molecule has 0 aliphatic rings. The molecule has 18 heteroatoms. The first-order valence-electron chi connectivity index (χ1n) is 25.8. The van der Waals surface area contributed by atoms with Crippen LogP contribution in [0.5, 0.6) is 0 Å². The summed E-state index contributed by atoms with van der Waals surface area (Å²) in [5.41, 5.74) is -0.513. The summed E-state index contributed by atoms with van der Waals surface area (Å²) in [5, 5.41) is 2.11. The summed E-state index contributed by atoms with van der Waals surface area (Å²) < 4.78 is 175. The van der Waals surface area contributed by atoms with Crippen molar-refractivity contribution in [3.8, 4) is 78.9 Å². The van der Waals surface area contributed by atoms with Crippen LogP contribution in [0.15, 0.2) is 219 Å². The highest BCUT2D eigenvalue weighted by atomic mass is 19.4. The molecule has 0 atom stereocenters. The van der Waals surface area contributed by atoms with Gasteiger partial charge in [0.2, 0.25) is 0 Å². The van der Waals surface area contributed by atoms with Gasteiger partial charge in [0.05, 0.1) is 61.9 Å². The fourth-order valence-electron chi connectivity index (χ4n) is 11.0. The Labute approximate surface area is 468 Å². The Morgan fingerprint density at radius 3 is 1.14 bits per heavy atom. The van der Waals surface area contributed by atoms with Gasteiger partial charge in [-0.15, -0.1) is 0 Å². The van der Waals surface area contributed by atoms with Crippen molar-refractivity contribution in [1.29, 1.82) is 0 Å². The lowest BCUT2D eigenvalue weighted by Crippen LogP contribution is -2.12. The van der Waals surface area contributed by atoms with Gasteiger partial charge in [0, 0.05) is 55.6 Å². The Morgan fingerprint density at radius 1 is 0.286 bits per heavy atom. The minimum absolute atomic E-state index is 0.00592. The van der Waals surface area contributed by atoms with Crippen LogP contribution in [-0.2, 0) is 24.7 Å². The molecule has 6 nitrogen and oxygen atoms in total. The predicted octanol–water partition coefficient (Wildman–Crippen LogP) is 19.5. The largest absolute Gasteiger partial charge is 0.417 e. The molecule has 414 valence electrons. The second kappa shape index (κ2) is 19.8.